The Balaban J connectivity index is 3.49. The molecule has 0 spiro atoms. The summed E-state index contributed by atoms with van der Waals surface area (Å²) in [4.78, 5) is 12.1. The smallest absolute Gasteiger partial charge is 0.220 e. The maximum absolute atomic E-state index is 12.1. The predicted octanol–water partition coefficient (Wildman–Crippen LogP) is 10.9. The van der Waals surface area contributed by atoms with Gasteiger partial charge in [0.05, 0.1) is 18.8 Å². The Hall–Kier alpha value is -1.13. The largest absolute Gasteiger partial charge is 0.394 e. The molecule has 0 saturated heterocycles. The van der Waals surface area contributed by atoms with Crippen molar-refractivity contribution >= 4 is 5.91 Å². The minimum absolute atomic E-state index is 0.0873. The molecule has 0 rings (SSSR count). The fraction of sp³-hybridized carbons (Fsp3) is 0.868. The van der Waals surface area contributed by atoms with Crippen LogP contribution in [0.2, 0.25) is 0 Å². The average molecular weight is 592 g/mol. The van der Waals surface area contributed by atoms with E-state index in [0.29, 0.717) is 6.42 Å². The molecule has 3 N–H and O–H groups in total. The van der Waals surface area contributed by atoms with E-state index in [9.17, 15) is 15.0 Å². The Labute approximate surface area is 262 Å². The van der Waals surface area contributed by atoms with E-state index in [1.165, 1.54) is 135 Å². The first kappa shape index (κ1) is 40.9. The zero-order valence-corrected chi connectivity index (χ0v) is 28.3. The van der Waals surface area contributed by atoms with Crippen LogP contribution in [0.15, 0.2) is 24.3 Å². The molecule has 4 nitrogen and oxygen atoms in total. The van der Waals surface area contributed by atoms with Gasteiger partial charge in [-0.25, -0.2) is 0 Å². The summed E-state index contributed by atoms with van der Waals surface area (Å²) in [5.74, 6) is -0.0873. The van der Waals surface area contributed by atoms with Gasteiger partial charge in [0.15, 0.2) is 0 Å². The van der Waals surface area contributed by atoms with E-state index in [0.717, 1.165) is 38.5 Å². The number of hydrogen-bond donors (Lipinski definition) is 3. The Morgan fingerprint density at radius 1 is 0.548 bits per heavy atom. The summed E-state index contributed by atoms with van der Waals surface area (Å²) in [5.41, 5.74) is 0. The maximum atomic E-state index is 12.1. The Kier molecular flexibility index (Phi) is 33.4. The van der Waals surface area contributed by atoms with Crippen LogP contribution in [0.5, 0.6) is 0 Å². The van der Waals surface area contributed by atoms with Crippen molar-refractivity contribution in [1.82, 2.24) is 5.32 Å². The number of nitrogens with one attached hydrogen (secondary N) is 1. The molecule has 1 amide bonds. The minimum Gasteiger partial charge on any atom is -0.394 e. The normalized spacial score (nSPS) is 13.3. The lowest BCUT2D eigenvalue weighted by molar-refractivity contribution is -0.123. The third-order valence-electron chi connectivity index (χ3n) is 8.44. The van der Waals surface area contributed by atoms with Gasteiger partial charge in [0, 0.05) is 6.42 Å². The topological polar surface area (TPSA) is 69.6 Å². The van der Waals surface area contributed by atoms with Gasteiger partial charge in [0.25, 0.3) is 0 Å². The van der Waals surface area contributed by atoms with E-state index >= 15 is 0 Å². The first-order valence-electron chi connectivity index (χ1n) is 18.6. The van der Waals surface area contributed by atoms with Crippen LogP contribution in [0, 0.1) is 0 Å². The Bertz CT molecular complexity index is 603. The van der Waals surface area contributed by atoms with E-state index in [4.69, 9.17) is 0 Å². The average Bonchev–Trinajstić information content (AvgIpc) is 2.99. The van der Waals surface area contributed by atoms with Crippen molar-refractivity contribution in [3.63, 3.8) is 0 Å². The molecule has 42 heavy (non-hydrogen) atoms. The molecule has 0 aromatic rings. The molecule has 2 atom stereocenters. The van der Waals surface area contributed by atoms with Crippen LogP contribution >= 0.6 is 0 Å². The molecule has 0 aromatic carbocycles. The van der Waals surface area contributed by atoms with E-state index in [1.807, 2.05) is 6.08 Å². The lowest BCUT2D eigenvalue weighted by Gasteiger charge is -2.19. The Morgan fingerprint density at radius 2 is 0.929 bits per heavy atom. The summed E-state index contributed by atoms with van der Waals surface area (Å²) in [7, 11) is 0. The number of amides is 1. The standard InChI is InChI=1S/C38H73NO3/c1-3-5-7-9-10-11-12-13-14-15-16-17-18-19-20-21-22-23-24-25-26-27-28-30-31-33-37(41)36(35-40)39-38(42)34-32-29-8-6-4-2/h26-27,31,33,36-37,40-41H,3-25,28-30,32,34-35H2,1-2H3,(H,39,42)/b27-26+,33-31+. The summed E-state index contributed by atoms with van der Waals surface area (Å²) in [6.07, 6.45) is 43.1. The maximum Gasteiger partial charge on any atom is 0.220 e. The molecule has 248 valence electrons. The molecular weight excluding hydrogens is 518 g/mol. The van der Waals surface area contributed by atoms with Crippen molar-refractivity contribution in [3.8, 4) is 0 Å². The second-order valence-corrected chi connectivity index (χ2v) is 12.6. The number of aliphatic hydroxyl groups excluding tert-OH is 2. The highest BCUT2D eigenvalue weighted by atomic mass is 16.3. The molecule has 0 aliphatic rings. The van der Waals surface area contributed by atoms with Crippen LogP contribution in [0.4, 0.5) is 0 Å². The van der Waals surface area contributed by atoms with Crippen molar-refractivity contribution in [2.24, 2.45) is 0 Å². The highest BCUT2D eigenvalue weighted by molar-refractivity contribution is 5.76. The first-order chi connectivity index (χ1) is 20.7. The lowest BCUT2D eigenvalue weighted by atomic mass is 10.0. The third kappa shape index (κ3) is 30.3. The van der Waals surface area contributed by atoms with Crippen LogP contribution in [0.3, 0.4) is 0 Å². The summed E-state index contributed by atoms with van der Waals surface area (Å²) in [6, 6.07) is -0.630. The molecule has 0 radical (unpaired) electrons. The fourth-order valence-electron chi connectivity index (χ4n) is 5.55. The van der Waals surface area contributed by atoms with Gasteiger partial charge in [-0.05, 0) is 32.1 Å². The SMILES string of the molecule is CCCCCCCCCCCCCCCCCCCCC/C=C/CC/C=C/C(O)C(CO)NC(=O)CCCCCCC. The molecule has 0 aromatic heterocycles. The van der Waals surface area contributed by atoms with Crippen molar-refractivity contribution < 1.29 is 15.0 Å². The van der Waals surface area contributed by atoms with Gasteiger partial charge < -0.3 is 15.5 Å². The first-order valence-corrected chi connectivity index (χ1v) is 18.6. The van der Waals surface area contributed by atoms with Gasteiger partial charge in [-0.1, -0.05) is 179 Å². The van der Waals surface area contributed by atoms with Crippen LogP contribution in [-0.2, 0) is 4.79 Å². The number of allylic oxidation sites excluding steroid dienone is 3. The number of unbranched alkanes of at least 4 members (excludes halogenated alkanes) is 24. The van der Waals surface area contributed by atoms with E-state index in [1.54, 1.807) is 6.08 Å². The molecule has 0 bridgehead atoms. The van der Waals surface area contributed by atoms with E-state index in [2.05, 4.69) is 31.3 Å². The zero-order valence-electron chi connectivity index (χ0n) is 28.3. The highest BCUT2D eigenvalue weighted by Gasteiger charge is 2.17. The van der Waals surface area contributed by atoms with Gasteiger partial charge >= 0.3 is 0 Å². The molecule has 0 aliphatic carbocycles. The van der Waals surface area contributed by atoms with Gasteiger partial charge in [-0.3, -0.25) is 4.79 Å². The molecule has 0 fully saturated rings. The molecular formula is C38H73NO3. The third-order valence-corrected chi connectivity index (χ3v) is 8.44. The van der Waals surface area contributed by atoms with Crippen LogP contribution in [-0.4, -0.2) is 34.9 Å². The summed E-state index contributed by atoms with van der Waals surface area (Å²) < 4.78 is 0. The van der Waals surface area contributed by atoms with Crippen molar-refractivity contribution in [1.29, 1.82) is 0 Å². The summed E-state index contributed by atoms with van der Waals surface area (Å²) in [5, 5.41) is 22.6. The zero-order chi connectivity index (χ0) is 30.8. The summed E-state index contributed by atoms with van der Waals surface area (Å²) >= 11 is 0. The van der Waals surface area contributed by atoms with Gasteiger partial charge in [0.1, 0.15) is 0 Å². The molecule has 2 unspecified atom stereocenters. The van der Waals surface area contributed by atoms with E-state index in [-0.39, 0.29) is 12.5 Å². The number of carbonyl (C=O) groups excluding carboxylic acids is 1. The highest BCUT2D eigenvalue weighted by Crippen LogP contribution is 2.15. The second kappa shape index (κ2) is 34.4. The fourth-order valence-corrected chi connectivity index (χ4v) is 5.55. The van der Waals surface area contributed by atoms with Crippen molar-refractivity contribution in [2.75, 3.05) is 6.61 Å². The lowest BCUT2D eigenvalue weighted by Crippen LogP contribution is -2.45. The number of hydrogen-bond acceptors (Lipinski definition) is 3. The monoisotopic (exact) mass is 592 g/mol. The van der Waals surface area contributed by atoms with Crippen LogP contribution < -0.4 is 5.32 Å². The van der Waals surface area contributed by atoms with Gasteiger partial charge in [-0.15, -0.1) is 0 Å². The minimum atomic E-state index is -0.854. The van der Waals surface area contributed by atoms with Crippen LogP contribution in [0.25, 0.3) is 0 Å². The quantitative estimate of drug-likeness (QED) is 0.0525. The van der Waals surface area contributed by atoms with Crippen LogP contribution in [0.1, 0.15) is 194 Å². The number of aliphatic hydroxyl groups is 2. The molecule has 0 saturated carbocycles. The molecule has 0 aliphatic heterocycles. The second-order valence-electron chi connectivity index (χ2n) is 12.6. The molecule has 0 heterocycles. The Morgan fingerprint density at radius 3 is 1.38 bits per heavy atom. The summed E-state index contributed by atoms with van der Waals surface area (Å²) in [6.45, 7) is 4.21. The van der Waals surface area contributed by atoms with Crippen molar-refractivity contribution in [3.05, 3.63) is 24.3 Å². The van der Waals surface area contributed by atoms with Crippen molar-refractivity contribution in [2.45, 2.75) is 206 Å². The molecule has 4 heteroatoms. The van der Waals surface area contributed by atoms with Gasteiger partial charge in [-0.2, -0.15) is 0 Å². The van der Waals surface area contributed by atoms with E-state index < -0.39 is 12.1 Å². The van der Waals surface area contributed by atoms with Gasteiger partial charge in [0.2, 0.25) is 5.91 Å². The number of carbonyl (C=O) groups is 1. The number of rotatable bonds is 33. The predicted molar refractivity (Wildman–Crippen MR) is 184 cm³/mol.